The van der Waals surface area contributed by atoms with Crippen LogP contribution in [0.3, 0.4) is 0 Å². The van der Waals surface area contributed by atoms with Gasteiger partial charge in [0.05, 0.1) is 21.5 Å². The van der Waals surface area contributed by atoms with Crippen LogP contribution in [0.4, 0.5) is 0 Å². The van der Waals surface area contributed by atoms with Crippen LogP contribution in [-0.4, -0.2) is 9.13 Å². The average molecular weight is 433 g/mol. The second-order valence-electron chi connectivity index (χ2n) is 7.92. The SMILES string of the molecule is CC.CC1C=Cc2ccccc2C1C.Cn1c(=O)c2cc3c(=O)n(C)c(=O)c3cc2c1=O. The highest BCUT2D eigenvalue weighted by Crippen LogP contribution is 2.32. The van der Waals surface area contributed by atoms with Crippen molar-refractivity contribution in [3.63, 3.8) is 0 Å². The van der Waals surface area contributed by atoms with Crippen molar-refractivity contribution in [1.82, 2.24) is 9.13 Å². The lowest BCUT2D eigenvalue weighted by molar-refractivity contribution is 0.586. The molecule has 0 saturated heterocycles. The Kier molecular flexibility index (Phi) is 6.44. The van der Waals surface area contributed by atoms with E-state index in [0.29, 0.717) is 11.8 Å². The minimum Gasteiger partial charge on any atom is -0.277 e. The van der Waals surface area contributed by atoms with Crippen LogP contribution in [0.5, 0.6) is 0 Å². The van der Waals surface area contributed by atoms with Crippen LogP contribution >= 0.6 is 0 Å². The Labute approximate surface area is 185 Å². The first-order valence-corrected chi connectivity index (χ1v) is 10.8. The standard InChI is InChI=1S/C12H8N2O4.C12H14.C2H6/c1-13-9(15)5-3-7-8(4-6(5)10(13)16)12(18)14(2)11(7)17;1-9-7-8-11-5-3-4-6-12(11)10(9)2;1-2/h3-4H,1-2H3;3-10H,1-2H3;1-2H3. The third kappa shape index (κ3) is 3.66. The largest absolute Gasteiger partial charge is 0.277 e. The summed E-state index contributed by atoms with van der Waals surface area (Å²) < 4.78 is 1.94. The van der Waals surface area contributed by atoms with Gasteiger partial charge in [0.2, 0.25) is 0 Å². The van der Waals surface area contributed by atoms with Crippen LogP contribution in [0.25, 0.3) is 27.6 Å². The monoisotopic (exact) mass is 432 g/mol. The number of aromatic nitrogens is 2. The highest BCUT2D eigenvalue weighted by Gasteiger charge is 2.18. The van der Waals surface area contributed by atoms with E-state index in [-0.39, 0.29) is 21.5 Å². The number of hydrogen-bond donors (Lipinski definition) is 0. The van der Waals surface area contributed by atoms with E-state index in [1.807, 2.05) is 13.8 Å². The van der Waals surface area contributed by atoms with E-state index < -0.39 is 22.2 Å². The molecule has 1 aliphatic rings. The molecule has 0 radical (unpaired) electrons. The van der Waals surface area contributed by atoms with Crippen LogP contribution in [0.1, 0.15) is 44.7 Å². The summed E-state index contributed by atoms with van der Waals surface area (Å²) in [5.41, 5.74) is 1.08. The molecule has 166 valence electrons. The second-order valence-corrected chi connectivity index (χ2v) is 7.92. The summed E-state index contributed by atoms with van der Waals surface area (Å²) in [6.45, 7) is 8.57. The third-order valence-electron chi connectivity index (χ3n) is 6.15. The molecule has 0 spiro atoms. The van der Waals surface area contributed by atoms with E-state index in [1.54, 1.807) is 0 Å². The normalized spacial score (nSPS) is 16.8. The average Bonchev–Trinajstić information content (AvgIpc) is 3.17. The van der Waals surface area contributed by atoms with Crippen molar-refractivity contribution in [3.8, 4) is 0 Å². The van der Waals surface area contributed by atoms with Gasteiger partial charge >= 0.3 is 0 Å². The Morgan fingerprint density at radius 1 is 0.688 bits per heavy atom. The topological polar surface area (TPSA) is 78.1 Å². The molecule has 0 aliphatic heterocycles. The first-order valence-electron chi connectivity index (χ1n) is 10.8. The van der Waals surface area contributed by atoms with Gasteiger partial charge in [0.1, 0.15) is 0 Å². The minimum absolute atomic E-state index is 0.178. The molecule has 4 aromatic rings. The smallest absolute Gasteiger partial charge is 0.261 e. The fourth-order valence-electron chi connectivity index (χ4n) is 4.00. The van der Waals surface area contributed by atoms with Crippen molar-refractivity contribution < 1.29 is 0 Å². The molecule has 0 bridgehead atoms. The van der Waals surface area contributed by atoms with Gasteiger partial charge < -0.3 is 0 Å². The summed E-state index contributed by atoms with van der Waals surface area (Å²) in [6.07, 6.45) is 4.53. The van der Waals surface area contributed by atoms with Crippen LogP contribution in [0.15, 0.2) is 61.7 Å². The molecule has 0 saturated carbocycles. The van der Waals surface area contributed by atoms with Gasteiger partial charge in [-0.3, -0.25) is 28.3 Å². The number of rotatable bonds is 0. The Bertz CT molecular complexity index is 1370. The van der Waals surface area contributed by atoms with Gasteiger partial charge in [-0.05, 0) is 35.1 Å². The lowest BCUT2D eigenvalue weighted by Gasteiger charge is -2.23. The predicted molar refractivity (Wildman–Crippen MR) is 131 cm³/mol. The van der Waals surface area contributed by atoms with Gasteiger partial charge in [0.15, 0.2) is 0 Å². The zero-order valence-corrected chi connectivity index (χ0v) is 19.3. The Hall–Kier alpha value is -3.54. The first-order chi connectivity index (χ1) is 15.2. The van der Waals surface area contributed by atoms with Crippen LogP contribution in [-0.2, 0) is 14.1 Å². The Morgan fingerprint density at radius 3 is 1.53 bits per heavy atom. The molecule has 5 rings (SSSR count). The van der Waals surface area contributed by atoms with Crippen LogP contribution in [0, 0.1) is 5.92 Å². The number of nitrogens with zero attached hydrogens (tertiary/aromatic N) is 2. The lowest BCUT2D eigenvalue weighted by atomic mass is 9.82. The maximum absolute atomic E-state index is 11.8. The minimum atomic E-state index is -0.451. The van der Waals surface area contributed by atoms with Crippen molar-refractivity contribution in [2.45, 2.75) is 33.6 Å². The summed E-state index contributed by atoms with van der Waals surface area (Å²) >= 11 is 0. The van der Waals surface area contributed by atoms with E-state index in [2.05, 4.69) is 50.3 Å². The molecule has 0 fully saturated rings. The zero-order valence-electron chi connectivity index (χ0n) is 19.3. The van der Waals surface area contributed by atoms with Crippen LogP contribution < -0.4 is 22.2 Å². The third-order valence-corrected chi connectivity index (χ3v) is 6.15. The summed E-state index contributed by atoms with van der Waals surface area (Å²) in [5.74, 6) is 1.35. The van der Waals surface area contributed by atoms with Gasteiger partial charge in [0.25, 0.3) is 22.2 Å². The molecular formula is C26H28N2O4. The zero-order chi connectivity index (χ0) is 23.7. The molecule has 6 nitrogen and oxygen atoms in total. The van der Waals surface area contributed by atoms with Gasteiger partial charge in [-0.25, -0.2) is 0 Å². The first kappa shape index (κ1) is 23.1. The quantitative estimate of drug-likeness (QED) is 0.426. The van der Waals surface area contributed by atoms with E-state index in [4.69, 9.17) is 0 Å². The molecule has 2 aromatic heterocycles. The molecule has 6 heteroatoms. The van der Waals surface area contributed by atoms with Gasteiger partial charge in [-0.1, -0.05) is 64.1 Å². The van der Waals surface area contributed by atoms with Crippen LogP contribution in [0.2, 0.25) is 0 Å². The molecule has 32 heavy (non-hydrogen) atoms. The predicted octanol–water partition coefficient (Wildman–Crippen LogP) is 3.47. The summed E-state index contributed by atoms with van der Waals surface area (Å²) in [6, 6.07) is 11.3. The molecule has 2 heterocycles. The Balaban J connectivity index is 0.000000180. The highest BCUT2D eigenvalue weighted by atomic mass is 16.2. The van der Waals surface area contributed by atoms with E-state index in [0.717, 1.165) is 9.13 Å². The molecule has 2 atom stereocenters. The summed E-state index contributed by atoms with van der Waals surface area (Å²) in [4.78, 5) is 47.1. The van der Waals surface area contributed by atoms with Crippen molar-refractivity contribution in [3.05, 3.63) is 95.0 Å². The molecule has 2 unspecified atom stereocenters. The van der Waals surface area contributed by atoms with E-state index in [1.165, 1.54) is 37.4 Å². The Morgan fingerprint density at radius 2 is 1.09 bits per heavy atom. The summed E-state index contributed by atoms with van der Waals surface area (Å²) in [5, 5.41) is 0.714. The van der Waals surface area contributed by atoms with Gasteiger partial charge in [0, 0.05) is 14.1 Å². The fraction of sp³-hybridized carbons (Fsp3) is 0.308. The molecule has 0 amide bonds. The summed E-state index contributed by atoms with van der Waals surface area (Å²) in [7, 11) is 2.73. The van der Waals surface area contributed by atoms with Crippen molar-refractivity contribution in [2.24, 2.45) is 20.0 Å². The second kappa shape index (κ2) is 8.91. The van der Waals surface area contributed by atoms with Crippen molar-refractivity contribution in [1.29, 1.82) is 0 Å². The number of hydrogen-bond acceptors (Lipinski definition) is 4. The molecule has 1 aliphatic carbocycles. The maximum Gasteiger partial charge on any atom is 0.261 e. The number of allylic oxidation sites excluding steroid dienone is 1. The lowest BCUT2D eigenvalue weighted by Crippen LogP contribution is -2.21. The fourth-order valence-corrected chi connectivity index (χ4v) is 4.00. The van der Waals surface area contributed by atoms with Crippen molar-refractivity contribution in [2.75, 3.05) is 0 Å². The number of benzene rings is 2. The van der Waals surface area contributed by atoms with Gasteiger partial charge in [-0.2, -0.15) is 0 Å². The highest BCUT2D eigenvalue weighted by molar-refractivity contribution is 5.97. The maximum atomic E-state index is 11.8. The van der Waals surface area contributed by atoms with Gasteiger partial charge in [-0.15, -0.1) is 0 Å². The van der Waals surface area contributed by atoms with E-state index in [9.17, 15) is 19.2 Å². The molecule has 0 N–H and O–H groups in total. The molecular weight excluding hydrogens is 404 g/mol. The van der Waals surface area contributed by atoms with E-state index >= 15 is 0 Å². The van der Waals surface area contributed by atoms with Crippen molar-refractivity contribution >= 4 is 27.6 Å². The molecule has 2 aromatic carbocycles. The number of fused-ring (bicyclic) bond motifs is 3.